The summed E-state index contributed by atoms with van der Waals surface area (Å²) in [6, 6.07) is 22.6. The van der Waals surface area contributed by atoms with E-state index in [-0.39, 0.29) is 5.56 Å². The van der Waals surface area contributed by atoms with Crippen molar-refractivity contribution in [2.45, 2.75) is 17.8 Å². The quantitative estimate of drug-likeness (QED) is 0.261. The van der Waals surface area contributed by atoms with Crippen molar-refractivity contribution in [3.8, 4) is 22.8 Å². The molecule has 3 aromatic carbocycles. The molecular weight excluding hydrogens is 436 g/mol. The molecule has 7 nitrogen and oxygen atoms in total. The number of aryl methyl sites for hydroxylation is 1. The molecule has 0 bridgehead atoms. The third-order valence-corrected chi connectivity index (χ3v) is 6.10. The van der Waals surface area contributed by atoms with Crippen molar-refractivity contribution < 1.29 is 9.26 Å². The molecule has 0 N–H and O–H groups in total. The minimum absolute atomic E-state index is 0.118. The van der Waals surface area contributed by atoms with Gasteiger partial charge in [-0.15, -0.1) is 0 Å². The number of rotatable bonds is 6. The Morgan fingerprint density at radius 1 is 0.970 bits per heavy atom. The summed E-state index contributed by atoms with van der Waals surface area (Å²) >= 11 is 1.37. The Kier molecular flexibility index (Phi) is 5.66. The molecule has 0 radical (unpaired) electrons. The number of hydrogen-bond acceptors (Lipinski definition) is 7. The Bertz CT molecular complexity index is 1490. The molecule has 0 saturated carbocycles. The number of aromatic nitrogens is 4. The predicted molar refractivity (Wildman–Crippen MR) is 128 cm³/mol. The molecule has 0 fully saturated rings. The highest BCUT2D eigenvalue weighted by atomic mass is 32.2. The van der Waals surface area contributed by atoms with Gasteiger partial charge in [-0.25, -0.2) is 4.98 Å². The second-order valence-electron chi connectivity index (χ2n) is 7.39. The van der Waals surface area contributed by atoms with Crippen molar-refractivity contribution in [1.29, 1.82) is 0 Å². The fourth-order valence-electron chi connectivity index (χ4n) is 3.51. The molecule has 0 aliphatic heterocycles. The summed E-state index contributed by atoms with van der Waals surface area (Å²) < 4.78 is 12.5. The zero-order chi connectivity index (χ0) is 22.8. The van der Waals surface area contributed by atoms with Crippen molar-refractivity contribution in [2.24, 2.45) is 0 Å². The van der Waals surface area contributed by atoms with E-state index in [4.69, 9.17) is 14.2 Å². The second kappa shape index (κ2) is 8.91. The van der Waals surface area contributed by atoms with Crippen LogP contribution in [0.25, 0.3) is 28.0 Å². The first kappa shape index (κ1) is 21.0. The normalized spacial score (nSPS) is 11.1. The zero-order valence-corrected chi connectivity index (χ0v) is 18.9. The first-order chi connectivity index (χ1) is 16.1. The van der Waals surface area contributed by atoms with Gasteiger partial charge >= 0.3 is 0 Å². The van der Waals surface area contributed by atoms with Crippen LogP contribution in [0.4, 0.5) is 0 Å². The van der Waals surface area contributed by atoms with E-state index in [1.165, 1.54) is 11.8 Å². The Labute approximate surface area is 194 Å². The van der Waals surface area contributed by atoms with Crippen LogP contribution in [0, 0.1) is 6.92 Å². The molecule has 0 atom stereocenters. The molecule has 0 aliphatic carbocycles. The molecular formula is C25H20N4O3S. The molecule has 5 aromatic rings. The molecule has 0 amide bonds. The van der Waals surface area contributed by atoms with Crippen LogP contribution in [0.1, 0.15) is 11.5 Å². The predicted octanol–water partition coefficient (Wildman–Crippen LogP) is 5.05. The third kappa shape index (κ3) is 4.12. The second-order valence-corrected chi connectivity index (χ2v) is 8.33. The Hall–Kier alpha value is -3.91. The summed E-state index contributed by atoms with van der Waals surface area (Å²) in [6.07, 6.45) is 0. The average Bonchev–Trinajstić information content (AvgIpc) is 3.32. The van der Waals surface area contributed by atoms with Crippen LogP contribution in [-0.4, -0.2) is 26.8 Å². The van der Waals surface area contributed by atoms with Gasteiger partial charge in [-0.1, -0.05) is 58.9 Å². The summed E-state index contributed by atoms with van der Waals surface area (Å²) in [5.74, 6) is 1.91. The van der Waals surface area contributed by atoms with Gasteiger partial charge in [0.15, 0.2) is 5.16 Å². The summed E-state index contributed by atoms with van der Waals surface area (Å²) in [5, 5.41) is 5.22. The standard InChI is InChI=1S/C25H20N4O3S/c1-16-11-13-17(14-12-16)29-24(30)18-7-3-5-9-20(18)26-25(29)33-15-22-27-23(28-32-22)19-8-4-6-10-21(19)31-2/h3-14H,15H2,1-2H3. The maximum Gasteiger partial charge on any atom is 0.266 e. The van der Waals surface area contributed by atoms with Crippen LogP contribution in [0.2, 0.25) is 0 Å². The van der Waals surface area contributed by atoms with E-state index in [1.54, 1.807) is 17.7 Å². The van der Waals surface area contributed by atoms with Crippen LogP contribution < -0.4 is 10.3 Å². The third-order valence-electron chi connectivity index (χ3n) is 5.18. The fraction of sp³-hybridized carbons (Fsp3) is 0.120. The minimum Gasteiger partial charge on any atom is -0.496 e. The highest BCUT2D eigenvalue weighted by Crippen LogP contribution is 2.29. The van der Waals surface area contributed by atoms with E-state index in [9.17, 15) is 4.79 Å². The molecule has 0 unspecified atom stereocenters. The Balaban J connectivity index is 1.51. The van der Waals surface area contributed by atoms with Crippen LogP contribution in [0.3, 0.4) is 0 Å². The van der Waals surface area contributed by atoms with Crippen LogP contribution >= 0.6 is 11.8 Å². The van der Waals surface area contributed by atoms with Crippen LogP contribution in [-0.2, 0) is 5.75 Å². The smallest absolute Gasteiger partial charge is 0.266 e. The van der Waals surface area contributed by atoms with E-state index in [1.807, 2.05) is 73.7 Å². The van der Waals surface area contributed by atoms with Crippen molar-refractivity contribution in [2.75, 3.05) is 7.11 Å². The first-order valence-corrected chi connectivity index (χ1v) is 11.3. The molecule has 0 aliphatic rings. The number of methoxy groups -OCH3 is 1. The Morgan fingerprint density at radius 2 is 1.73 bits per heavy atom. The van der Waals surface area contributed by atoms with Gasteiger partial charge in [0.05, 0.1) is 35.0 Å². The van der Waals surface area contributed by atoms with Gasteiger partial charge in [0.2, 0.25) is 11.7 Å². The lowest BCUT2D eigenvalue weighted by Gasteiger charge is -2.12. The number of nitrogens with zero attached hydrogens (tertiary/aromatic N) is 4. The lowest BCUT2D eigenvalue weighted by Crippen LogP contribution is -2.21. The van der Waals surface area contributed by atoms with E-state index in [0.29, 0.717) is 39.3 Å². The SMILES string of the molecule is COc1ccccc1-c1noc(CSc2nc3ccccc3c(=O)n2-c2ccc(C)cc2)n1. The van der Waals surface area contributed by atoms with Crippen molar-refractivity contribution in [1.82, 2.24) is 19.7 Å². The number of fused-ring (bicyclic) bond motifs is 1. The number of hydrogen-bond donors (Lipinski definition) is 0. The van der Waals surface area contributed by atoms with Crippen molar-refractivity contribution in [3.05, 3.63) is 94.6 Å². The molecule has 0 spiro atoms. The molecule has 0 saturated heterocycles. The van der Waals surface area contributed by atoms with Gasteiger partial charge in [-0.3, -0.25) is 9.36 Å². The van der Waals surface area contributed by atoms with Crippen molar-refractivity contribution in [3.63, 3.8) is 0 Å². The van der Waals surface area contributed by atoms with Crippen LogP contribution in [0.5, 0.6) is 5.75 Å². The molecule has 2 heterocycles. The molecule has 164 valence electrons. The van der Waals surface area contributed by atoms with Gasteiger partial charge in [0, 0.05) is 0 Å². The molecule has 8 heteroatoms. The maximum absolute atomic E-state index is 13.3. The Morgan fingerprint density at radius 3 is 2.55 bits per heavy atom. The molecule has 33 heavy (non-hydrogen) atoms. The molecule has 5 rings (SSSR count). The van der Waals surface area contributed by atoms with Gasteiger partial charge in [0.25, 0.3) is 5.56 Å². The summed E-state index contributed by atoms with van der Waals surface area (Å²) in [4.78, 5) is 22.6. The zero-order valence-electron chi connectivity index (χ0n) is 18.1. The summed E-state index contributed by atoms with van der Waals surface area (Å²) in [7, 11) is 1.60. The van der Waals surface area contributed by atoms with E-state index in [0.717, 1.165) is 16.8 Å². The number of thioether (sulfide) groups is 1. The van der Waals surface area contributed by atoms with E-state index in [2.05, 4.69) is 10.1 Å². The molecule has 2 aromatic heterocycles. The first-order valence-electron chi connectivity index (χ1n) is 10.3. The van der Waals surface area contributed by atoms with Gasteiger partial charge in [-0.2, -0.15) is 4.98 Å². The average molecular weight is 457 g/mol. The number of ether oxygens (including phenoxy) is 1. The minimum atomic E-state index is -0.118. The van der Waals surface area contributed by atoms with Gasteiger partial charge in [0.1, 0.15) is 5.75 Å². The number of benzene rings is 3. The van der Waals surface area contributed by atoms with Gasteiger partial charge < -0.3 is 9.26 Å². The van der Waals surface area contributed by atoms with Crippen LogP contribution in [0.15, 0.2) is 87.3 Å². The van der Waals surface area contributed by atoms with Gasteiger partial charge in [-0.05, 0) is 43.3 Å². The highest BCUT2D eigenvalue weighted by Gasteiger charge is 2.17. The van der Waals surface area contributed by atoms with Crippen molar-refractivity contribution >= 4 is 22.7 Å². The maximum atomic E-state index is 13.3. The monoisotopic (exact) mass is 456 g/mol. The van der Waals surface area contributed by atoms with E-state index < -0.39 is 0 Å². The lowest BCUT2D eigenvalue weighted by molar-refractivity contribution is 0.390. The largest absolute Gasteiger partial charge is 0.496 e. The number of para-hydroxylation sites is 2. The van der Waals surface area contributed by atoms with E-state index >= 15 is 0 Å². The highest BCUT2D eigenvalue weighted by molar-refractivity contribution is 7.98. The fourth-order valence-corrected chi connectivity index (χ4v) is 4.36. The summed E-state index contributed by atoms with van der Waals surface area (Å²) in [6.45, 7) is 2.01. The topological polar surface area (TPSA) is 83.0 Å². The lowest BCUT2D eigenvalue weighted by atomic mass is 10.2. The summed E-state index contributed by atoms with van der Waals surface area (Å²) in [5.41, 5.74) is 3.15.